The SMILES string of the molecule is CNCC(=O)N1[C@@H]2CC[C@H]1CC([C@@H](Cc1cc(F)c(F)cc1F)C[S@@](=O)C(C)(C)C)C2. The minimum absolute atomic E-state index is 0.0925. The normalized spacial score (nSPS) is 25.5. The van der Waals surface area contributed by atoms with E-state index in [4.69, 9.17) is 0 Å². The third-order valence-electron chi connectivity index (χ3n) is 6.67. The average Bonchev–Trinajstić information content (AvgIpc) is 2.94. The molecule has 3 rings (SSSR count). The van der Waals surface area contributed by atoms with E-state index < -0.39 is 33.0 Å². The molecule has 2 bridgehead atoms. The van der Waals surface area contributed by atoms with Crippen LogP contribution in [0, 0.1) is 29.3 Å². The third-order valence-corrected chi connectivity index (χ3v) is 8.77. The summed E-state index contributed by atoms with van der Waals surface area (Å²) in [5, 5.41) is 2.92. The first-order valence-corrected chi connectivity index (χ1v) is 12.3. The number of piperidine rings is 1. The van der Waals surface area contributed by atoms with Gasteiger partial charge in [-0.25, -0.2) is 13.2 Å². The summed E-state index contributed by atoms with van der Waals surface area (Å²) in [6.07, 6.45) is 3.61. The molecule has 1 amide bonds. The second-order valence-electron chi connectivity index (χ2n) is 9.89. The first-order valence-electron chi connectivity index (χ1n) is 11.0. The smallest absolute Gasteiger partial charge is 0.237 e. The molecule has 1 unspecified atom stereocenters. The second kappa shape index (κ2) is 9.61. The van der Waals surface area contributed by atoms with Crippen molar-refractivity contribution in [3.63, 3.8) is 0 Å². The number of amides is 1. The Bertz CT molecular complexity index is 829. The van der Waals surface area contributed by atoms with Crippen LogP contribution < -0.4 is 5.32 Å². The number of benzene rings is 1. The molecule has 0 aliphatic carbocycles. The molecule has 174 valence electrons. The molecule has 0 saturated carbocycles. The van der Waals surface area contributed by atoms with Gasteiger partial charge in [0.05, 0.1) is 6.54 Å². The van der Waals surface area contributed by atoms with Crippen LogP contribution in [0.2, 0.25) is 0 Å². The molecule has 4 nitrogen and oxygen atoms in total. The van der Waals surface area contributed by atoms with Gasteiger partial charge < -0.3 is 10.2 Å². The molecule has 0 spiro atoms. The van der Waals surface area contributed by atoms with Crippen LogP contribution in [-0.2, 0) is 22.0 Å². The lowest BCUT2D eigenvalue weighted by molar-refractivity contribution is -0.135. The highest BCUT2D eigenvalue weighted by Crippen LogP contribution is 2.43. The fourth-order valence-electron chi connectivity index (χ4n) is 5.06. The van der Waals surface area contributed by atoms with Crippen LogP contribution in [0.3, 0.4) is 0 Å². The summed E-state index contributed by atoms with van der Waals surface area (Å²) in [4.78, 5) is 14.5. The molecule has 0 radical (unpaired) electrons. The van der Waals surface area contributed by atoms with Crippen molar-refractivity contribution >= 4 is 16.7 Å². The van der Waals surface area contributed by atoms with Crippen molar-refractivity contribution in [3.05, 3.63) is 35.1 Å². The van der Waals surface area contributed by atoms with Gasteiger partial charge in [-0.3, -0.25) is 9.00 Å². The van der Waals surface area contributed by atoms with Crippen molar-refractivity contribution in [1.29, 1.82) is 0 Å². The highest BCUT2D eigenvalue weighted by molar-refractivity contribution is 7.86. The van der Waals surface area contributed by atoms with Gasteiger partial charge in [-0.05, 0) is 83.4 Å². The molecule has 1 N–H and O–H groups in total. The lowest BCUT2D eigenvalue weighted by Gasteiger charge is -2.42. The number of hydrogen-bond acceptors (Lipinski definition) is 3. The number of carbonyl (C=O) groups is 1. The zero-order valence-corrected chi connectivity index (χ0v) is 19.5. The molecule has 2 saturated heterocycles. The predicted molar refractivity (Wildman–Crippen MR) is 117 cm³/mol. The van der Waals surface area contributed by atoms with Crippen molar-refractivity contribution in [2.75, 3.05) is 19.3 Å². The Morgan fingerprint density at radius 2 is 1.71 bits per heavy atom. The van der Waals surface area contributed by atoms with Gasteiger partial charge in [0.25, 0.3) is 0 Å². The maximum Gasteiger partial charge on any atom is 0.237 e. The Labute approximate surface area is 185 Å². The van der Waals surface area contributed by atoms with E-state index in [2.05, 4.69) is 5.32 Å². The number of carbonyl (C=O) groups excluding carboxylic acids is 1. The highest BCUT2D eigenvalue weighted by atomic mass is 32.2. The lowest BCUT2D eigenvalue weighted by Crippen LogP contribution is -2.50. The molecular weight excluding hydrogens is 425 g/mol. The molecule has 1 aromatic carbocycles. The van der Waals surface area contributed by atoms with Gasteiger partial charge in [-0.1, -0.05) is 0 Å². The maximum atomic E-state index is 14.4. The Morgan fingerprint density at radius 3 is 2.26 bits per heavy atom. The Kier molecular flexibility index (Phi) is 7.51. The van der Waals surface area contributed by atoms with Crippen LogP contribution in [0.1, 0.15) is 52.0 Å². The van der Waals surface area contributed by atoms with Gasteiger partial charge in [0.15, 0.2) is 11.6 Å². The minimum atomic E-state index is -1.20. The average molecular weight is 459 g/mol. The summed E-state index contributed by atoms with van der Waals surface area (Å²) in [5.41, 5.74) is 0.121. The van der Waals surface area contributed by atoms with Gasteiger partial charge in [0.2, 0.25) is 5.91 Å². The first kappa shape index (κ1) is 24.2. The van der Waals surface area contributed by atoms with Crippen LogP contribution in [0.25, 0.3) is 0 Å². The summed E-state index contributed by atoms with van der Waals surface area (Å²) in [6.45, 7) is 6.01. The maximum absolute atomic E-state index is 14.4. The van der Waals surface area contributed by atoms with Crippen LogP contribution in [0.5, 0.6) is 0 Å². The fraction of sp³-hybridized carbons (Fsp3) is 0.696. The summed E-state index contributed by atoms with van der Waals surface area (Å²) >= 11 is 0. The second-order valence-corrected chi connectivity index (χ2v) is 12.1. The van der Waals surface area contributed by atoms with Crippen LogP contribution in [0.15, 0.2) is 12.1 Å². The quantitative estimate of drug-likeness (QED) is 0.633. The molecular formula is C23H33F3N2O2S. The van der Waals surface area contributed by atoms with E-state index in [0.717, 1.165) is 31.7 Å². The van der Waals surface area contributed by atoms with E-state index in [-0.39, 0.29) is 41.8 Å². The van der Waals surface area contributed by atoms with Gasteiger partial charge in [-0.2, -0.15) is 0 Å². The van der Waals surface area contributed by atoms with Crippen molar-refractivity contribution in [2.24, 2.45) is 11.8 Å². The third kappa shape index (κ3) is 5.51. The number of nitrogens with one attached hydrogen (secondary N) is 1. The highest BCUT2D eigenvalue weighted by Gasteiger charge is 2.45. The van der Waals surface area contributed by atoms with Gasteiger partial charge in [-0.15, -0.1) is 0 Å². The molecule has 8 heteroatoms. The summed E-state index contributed by atoms with van der Waals surface area (Å²) in [7, 11) is 0.588. The Balaban J connectivity index is 1.83. The van der Waals surface area contributed by atoms with E-state index in [1.54, 1.807) is 7.05 Å². The largest absolute Gasteiger partial charge is 0.336 e. The summed E-state index contributed by atoms with van der Waals surface area (Å²) in [6, 6.07) is 1.78. The van der Waals surface area contributed by atoms with Gasteiger partial charge >= 0.3 is 0 Å². The number of likely N-dealkylation sites (N-methyl/N-ethyl adjacent to an activating group) is 1. The van der Waals surface area contributed by atoms with E-state index in [0.29, 0.717) is 18.4 Å². The standard InChI is InChI=1S/C23H33F3N2O2S/c1-23(2,3)31(30)13-16(7-15-10-20(25)21(26)11-19(15)24)14-8-17-5-6-18(9-14)28(17)22(29)12-27-4/h10-11,14,16-18,27H,5-9,12-13H2,1-4H3/t14?,16-,17-,18+,31+/m0/s1. The zero-order chi connectivity index (χ0) is 22.9. The number of fused-ring (bicyclic) bond motifs is 2. The molecule has 2 fully saturated rings. The van der Waals surface area contributed by atoms with E-state index in [1.807, 2.05) is 25.7 Å². The monoisotopic (exact) mass is 458 g/mol. The predicted octanol–water partition coefficient (Wildman–Crippen LogP) is 3.80. The molecule has 31 heavy (non-hydrogen) atoms. The number of nitrogens with zero attached hydrogens (tertiary/aromatic N) is 1. The Morgan fingerprint density at radius 1 is 1.13 bits per heavy atom. The number of hydrogen-bond donors (Lipinski definition) is 1. The summed E-state index contributed by atoms with van der Waals surface area (Å²) < 4.78 is 54.1. The van der Waals surface area contributed by atoms with E-state index in [1.165, 1.54) is 0 Å². The molecule has 2 heterocycles. The molecule has 2 aliphatic heterocycles. The van der Waals surface area contributed by atoms with Gasteiger partial charge in [0.1, 0.15) is 5.82 Å². The lowest BCUT2D eigenvalue weighted by atomic mass is 9.78. The summed E-state index contributed by atoms with van der Waals surface area (Å²) in [5.74, 6) is -2.56. The van der Waals surface area contributed by atoms with E-state index in [9.17, 15) is 22.2 Å². The van der Waals surface area contributed by atoms with Gasteiger partial charge in [0, 0.05) is 39.4 Å². The molecule has 5 atom stereocenters. The van der Waals surface area contributed by atoms with Crippen molar-refractivity contribution in [2.45, 2.75) is 69.7 Å². The topological polar surface area (TPSA) is 49.4 Å². The van der Waals surface area contributed by atoms with E-state index >= 15 is 0 Å². The van der Waals surface area contributed by atoms with Crippen molar-refractivity contribution < 1.29 is 22.2 Å². The van der Waals surface area contributed by atoms with Crippen LogP contribution >= 0.6 is 0 Å². The molecule has 2 aliphatic rings. The van der Waals surface area contributed by atoms with Crippen LogP contribution in [-0.4, -0.2) is 51.2 Å². The fourth-order valence-corrected chi connectivity index (χ4v) is 6.34. The molecule has 0 aromatic heterocycles. The van der Waals surface area contributed by atoms with Crippen molar-refractivity contribution in [1.82, 2.24) is 10.2 Å². The minimum Gasteiger partial charge on any atom is -0.336 e. The number of halogens is 3. The zero-order valence-electron chi connectivity index (χ0n) is 18.7. The number of rotatable bonds is 7. The first-order chi connectivity index (χ1) is 14.5. The Hall–Kier alpha value is -1.41. The van der Waals surface area contributed by atoms with Crippen LogP contribution in [0.4, 0.5) is 13.2 Å². The molecule has 1 aromatic rings. The van der Waals surface area contributed by atoms with Crippen molar-refractivity contribution in [3.8, 4) is 0 Å².